The number of sulfone groups is 1. The summed E-state index contributed by atoms with van der Waals surface area (Å²) in [6, 6.07) is -0.270. The van der Waals surface area contributed by atoms with Gasteiger partial charge in [-0.1, -0.05) is 0 Å². The molecule has 0 aliphatic carbocycles. The number of hydrogen-bond acceptors (Lipinski definition) is 4. The fourth-order valence-corrected chi connectivity index (χ4v) is 4.02. The second-order valence-corrected chi connectivity index (χ2v) is 7.38. The van der Waals surface area contributed by atoms with Crippen molar-refractivity contribution in [3.63, 3.8) is 0 Å². The lowest BCUT2D eigenvalue weighted by Crippen LogP contribution is -2.34. The zero-order valence-corrected chi connectivity index (χ0v) is 12.7. The van der Waals surface area contributed by atoms with Gasteiger partial charge in [-0.3, -0.25) is 9.48 Å². The normalized spacial score (nSPS) is 21.4. The number of aromatic nitrogens is 2. The minimum Gasteiger partial charge on any atom is -0.349 e. The summed E-state index contributed by atoms with van der Waals surface area (Å²) in [5.41, 5.74) is 2.76. The van der Waals surface area contributed by atoms with Crippen LogP contribution in [0.4, 0.5) is 0 Å². The second-order valence-electron chi connectivity index (χ2n) is 5.15. The monoisotopic (exact) mass is 297 g/mol. The van der Waals surface area contributed by atoms with E-state index < -0.39 is 9.84 Å². The van der Waals surface area contributed by atoms with Crippen LogP contribution in [0, 0.1) is 13.8 Å². The Bertz CT molecular complexity index is 659. The minimum atomic E-state index is -2.97. The minimum absolute atomic E-state index is 0.0392. The largest absolute Gasteiger partial charge is 0.349 e. The van der Waals surface area contributed by atoms with Crippen LogP contribution >= 0.6 is 0 Å². The molecule has 1 aliphatic heterocycles. The van der Waals surface area contributed by atoms with Crippen LogP contribution in [0.3, 0.4) is 0 Å². The number of nitrogens with zero attached hydrogens (tertiary/aromatic N) is 2. The predicted octanol–water partition coefficient (Wildman–Crippen LogP) is 0.353. The molecule has 1 fully saturated rings. The average Bonchev–Trinajstić information content (AvgIpc) is 2.78. The van der Waals surface area contributed by atoms with Crippen LogP contribution in [0.1, 0.15) is 23.4 Å². The van der Waals surface area contributed by atoms with Crippen LogP contribution in [-0.4, -0.2) is 41.7 Å². The van der Waals surface area contributed by atoms with Gasteiger partial charge >= 0.3 is 0 Å². The molecule has 2 heterocycles. The van der Waals surface area contributed by atoms with Crippen molar-refractivity contribution in [3.8, 4) is 0 Å². The number of carbonyl (C=O) groups excluding carboxylic acids is 1. The van der Waals surface area contributed by atoms with Gasteiger partial charge in [-0.2, -0.15) is 5.10 Å². The van der Waals surface area contributed by atoms with E-state index in [4.69, 9.17) is 0 Å². The van der Waals surface area contributed by atoms with Crippen molar-refractivity contribution >= 4 is 21.8 Å². The third kappa shape index (κ3) is 3.27. The van der Waals surface area contributed by atoms with E-state index in [0.29, 0.717) is 6.42 Å². The van der Waals surface area contributed by atoms with Crippen molar-refractivity contribution < 1.29 is 13.2 Å². The van der Waals surface area contributed by atoms with Crippen LogP contribution in [-0.2, 0) is 21.7 Å². The second kappa shape index (κ2) is 5.40. The standard InChI is InChI=1S/C13H19N3O3S/c1-9-12(10(2)16(3)15-9)4-5-13(17)14-11-6-7-20(18,19)8-11/h4-5,11H,6-8H2,1-3H3,(H,14,17)/b5-4+. The highest BCUT2D eigenvalue weighted by Crippen LogP contribution is 2.14. The fraction of sp³-hybridized carbons (Fsp3) is 0.538. The SMILES string of the molecule is Cc1nn(C)c(C)c1/C=C/C(=O)NC1CCS(=O)(=O)C1. The molecular formula is C13H19N3O3S. The first-order chi connectivity index (χ1) is 9.28. The van der Waals surface area contributed by atoms with Crippen LogP contribution in [0.25, 0.3) is 6.08 Å². The van der Waals surface area contributed by atoms with E-state index >= 15 is 0 Å². The molecule has 7 heteroatoms. The Hall–Kier alpha value is -1.63. The zero-order valence-electron chi connectivity index (χ0n) is 11.9. The molecule has 1 aliphatic rings. The summed E-state index contributed by atoms with van der Waals surface area (Å²) in [5.74, 6) is -0.0743. The van der Waals surface area contributed by atoms with Crippen LogP contribution < -0.4 is 5.32 Å². The van der Waals surface area contributed by atoms with Crippen LogP contribution in [0.15, 0.2) is 6.08 Å². The molecule has 1 atom stereocenters. The summed E-state index contributed by atoms with van der Waals surface area (Å²) in [6.07, 6.45) is 3.64. The van der Waals surface area contributed by atoms with Crippen molar-refractivity contribution in [3.05, 3.63) is 23.0 Å². The first kappa shape index (κ1) is 14.8. The van der Waals surface area contributed by atoms with Gasteiger partial charge in [0.15, 0.2) is 9.84 Å². The van der Waals surface area contributed by atoms with Crippen molar-refractivity contribution in [2.24, 2.45) is 7.05 Å². The molecular weight excluding hydrogens is 278 g/mol. The van der Waals surface area contributed by atoms with Crippen molar-refractivity contribution in [1.82, 2.24) is 15.1 Å². The van der Waals surface area contributed by atoms with E-state index in [2.05, 4.69) is 10.4 Å². The maximum absolute atomic E-state index is 11.8. The van der Waals surface area contributed by atoms with Gasteiger partial charge in [-0.25, -0.2) is 8.42 Å². The third-order valence-electron chi connectivity index (χ3n) is 3.55. The number of nitrogens with one attached hydrogen (secondary N) is 1. The molecule has 20 heavy (non-hydrogen) atoms. The smallest absolute Gasteiger partial charge is 0.244 e. The van der Waals surface area contributed by atoms with E-state index in [-0.39, 0.29) is 23.5 Å². The summed E-state index contributed by atoms with van der Waals surface area (Å²) in [5, 5.41) is 6.98. The molecule has 6 nitrogen and oxygen atoms in total. The van der Waals surface area contributed by atoms with Gasteiger partial charge in [0.25, 0.3) is 0 Å². The Morgan fingerprint density at radius 1 is 1.45 bits per heavy atom. The van der Waals surface area contributed by atoms with Gasteiger partial charge in [-0.15, -0.1) is 0 Å². The lowest BCUT2D eigenvalue weighted by molar-refractivity contribution is -0.116. The Kier molecular flexibility index (Phi) is 3.99. The molecule has 110 valence electrons. The molecule has 0 spiro atoms. The third-order valence-corrected chi connectivity index (χ3v) is 5.31. The van der Waals surface area contributed by atoms with E-state index in [1.165, 1.54) is 6.08 Å². The molecule has 1 amide bonds. The van der Waals surface area contributed by atoms with Gasteiger partial charge < -0.3 is 5.32 Å². The maximum Gasteiger partial charge on any atom is 0.244 e. The Morgan fingerprint density at radius 2 is 2.15 bits per heavy atom. The van der Waals surface area contributed by atoms with Crippen LogP contribution in [0.5, 0.6) is 0 Å². The molecule has 1 aromatic heterocycles. The average molecular weight is 297 g/mol. The van der Waals surface area contributed by atoms with Gasteiger partial charge in [-0.05, 0) is 26.3 Å². The number of aryl methyl sites for hydroxylation is 2. The number of rotatable bonds is 3. The highest BCUT2D eigenvalue weighted by molar-refractivity contribution is 7.91. The molecule has 0 saturated carbocycles. The van der Waals surface area contributed by atoms with Crippen molar-refractivity contribution in [2.75, 3.05) is 11.5 Å². The zero-order chi connectivity index (χ0) is 14.9. The van der Waals surface area contributed by atoms with E-state index in [1.54, 1.807) is 10.8 Å². The van der Waals surface area contributed by atoms with E-state index in [9.17, 15) is 13.2 Å². The Labute approximate surface area is 118 Å². The molecule has 0 radical (unpaired) electrons. The van der Waals surface area contributed by atoms with Crippen molar-refractivity contribution in [2.45, 2.75) is 26.3 Å². The predicted molar refractivity (Wildman–Crippen MR) is 76.9 cm³/mol. The fourth-order valence-electron chi connectivity index (χ4n) is 2.35. The quantitative estimate of drug-likeness (QED) is 0.817. The summed E-state index contributed by atoms with van der Waals surface area (Å²) in [4.78, 5) is 11.8. The first-order valence-electron chi connectivity index (χ1n) is 6.48. The summed E-state index contributed by atoms with van der Waals surface area (Å²) < 4.78 is 24.4. The van der Waals surface area contributed by atoms with E-state index in [0.717, 1.165) is 17.0 Å². The number of amides is 1. The van der Waals surface area contributed by atoms with Crippen LogP contribution in [0.2, 0.25) is 0 Å². The molecule has 0 bridgehead atoms. The molecule has 1 unspecified atom stereocenters. The number of carbonyl (C=O) groups is 1. The highest BCUT2D eigenvalue weighted by atomic mass is 32.2. The molecule has 2 rings (SSSR count). The Balaban J connectivity index is 2.00. The molecule has 1 saturated heterocycles. The highest BCUT2D eigenvalue weighted by Gasteiger charge is 2.28. The Morgan fingerprint density at radius 3 is 2.65 bits per heavy atom. The summed E-state index contributed by atoms with van der Waals surface area (Å²) in [6.45, 7) is 3.81. The topological polar surface area (TPSA) is 81.1 Å². The maximum atomic E-state index is 11.8. The van der Waals surface area contributed by atoms with Gasteiger partial charge in [0, 0.05) is 30.4 Å². The van der Waals surface area contributed by atoms with Gasteiger partial charge in [0.1, 0.15) is 0 Å². The van der Waals surface area contributed by atoms with Gasteiger partial charge in [0.05, 0.1) is 17.2 Å². The molecule has 0 aromatic carbocycles. The number of hydrogen-bond donors (Lipinski definition) is 1. The summed E-state index contributed by atoms with van der Waals surface area (Å²) >= 11 is 0. The lowest BCUT2D eigenvalue weighted by atomic mass is 10.2. The van der Waals surface area contributed by atoms with Crippen molar-refractivity contribution in [1.29, 1.82) is 0 Å². The molecule has 1 N–H and O–H groups in total. The molecule has 1 aromatic rings. The first-order valence-corrected chi connectivity index (χ1v) is 8.30. The lowest BCUT2D eigenvalue weighted by Gasteiger charge is -2.07. The summed E-state index contributed by atoms with van der Waals surface area (Å²) in [7, 11) is -1.12. The van der Waals surface area contributed by atoms with Gasteiger partial charge in [0.2, 0.25) is 5.91 Å². The van der Waals surface area contributed by atoms with E-state index in [1.807, 2.05) is 20.9 Å².